The van der Waals surface area contributed by atoms with Crippen LogP contribution < -0.4 is 0 Å². The maximum Gasteiger partial charge on any atom is 0.354 e. The lowest BCUT2D eigenvalue weighted by molar-refractivity contribution is 0.0690. The molecular formula is C27H18Cl2N6O3. The first kappa shape index (κ1) is 24.1. The van der Waals surface area contributed by atoms with Crippen LogP contribution in [0.4, 0.5) is 0 Å². The number of rotatable bonds is 6. The van der Waals surface area contributed by atoms with Crippen molar-refractivity contribution in [3.8, 4) is 22.4 Å². The van der Waals surface area contributed by atoms with Gasteiger partial charge in [-0.05, 0) is 35.9 Å². The molecule has 6 rings (SSSR count). The van der Waals surface area contributed by atoms with Crippen LogP contribution in [-0.4, -0.2) is 45.3 Å². The lowest BCUT2D eigenvalue weighted by Crippen LogP contribution is -2.03. The molecule has 0 aliphatic rings. The van der Waals surface area contributed by atoms with Gasteiger partial charge in [0, 0.05) is 46.9 Å². The Morgan fingerprint density at radius 1 is 0.974 bits per heavy atom. The van der Waals surface area contributed by atoms with Crippen LogP contribution in [0.25, 0.3) is 38.9 Å². The second-order valence-electron chi connectivity index (χ2n) is 8.61. The van der Waals surface area contributed by atoms with Crippen molar-refractivity contribution in [2.45, 2.75) is 13.2 Å². The summed E-state index contributed by atoms with van der Waals surface area (Å²) in [5, 5.41) is 25.4. The van der Waals surface area contributed by atoms with Crippen LogP contribution in [-0.2, 0) is 13.2 Å². The fourth-order valence-corrected chi connectivity index (χ4v) is 4.99. The van der Waals surface area contributed by atoms with Crippen molar-refractivity contribution in [2.75, 3.05) is 0 Å². The summed E-state index contributed by atoms with van der Waals surface area (Å²) in [5.74, 6) is -1.07. The molecule has 5 aromatic heterocycles. The molecule has 0 spiro atoms. The van der Waals surface area contributed by atoms with Crippen LogP contribution in [0.15, 0.2) is 73.4 Å². The van der Waals surface area contributed by atoms with Gasteiger partial charge in [0.05, 0.1) is 46.3 Å². The molecule has 188 valence electrons. The first-order chi connectivity index (χ1) is 18.4. The van der Waals surface area contributed by atoms with Gasteiger partial charge in [0.15, 0.2) is 0 Å². The summed E-state index contributed by atoms with van der Waals surface area (Å²) >= 11 is 12.9. The number of carbonyl (C=O) groups is 1. The minimum Gasteiger partial charge on any atom is -0.477 e. The van der Waals surface area contributed by atoms with Crippen LogP contribution in [0.3, 0.4) is 0 Å². The fraction of sp³-hybridized carbons (Fsp3) is 0.0741. The highest BCUT2D eigenvalue weighted by atomic mass is 35.5. The largest absolute Gasteiger partial charge is 0.477 e. The van der Waals surface area contributed by atoms with Gasteiger partial charge in [-0.15, -0.1) is 0 Å². The Morgan fingerprint density at radius 3 is 2.50 bits per heavy atom. The first-order valence-electron chi connectivity index (χ1n) is 11.5. The molecule has 0 atom stereocenters. The highest BCUT2D eigenvalue weighted by molar-refractivity contribution is 6.39. The molecule has 0 fully saturated rings. The third-order valence-electron chi connectivity index (χ3n) is 6.26. The monoisotopic (exact) mass is 544 g/mol. The van der Waals surface area contributed by atoms with Crippen LogP contribution in [0, 0.1) is 0 Å². The summed E-state index contributed by atoms with van der Waals surface area (Å²) in [4.78, 5) is 24.5. The summed E-state index contributed by atoms with van der Waals surface area (Å²) in [6.07, 6.45) is 8.73. The number of aliphatic hydroxyl groups is 1. The number of halogens is 2. The quantitative estimate of drug-likeness (QED) is 0.290. The lowest BCUT2D eigenvalue weighted by Gasteiger charge is -2.06. The standard InChI is InChI=1S/C27H18Cl2N6O3/c28-19-2-1-3-20(29)24(19)25-23(14-36)35-7-6-21-18(26(35)33-25)8-16(10-31-21)17-11-32-34(13-17)12-15-4-5-22(27(37)38)30-9-15/h1-11,13,36H,12,14H2,(H,37,38). The van der Waals surface area contributed by atoms with E-state index in [1.807, 2.05) is 28.9 Å². The van der Waals surface area contributed by atoms with Crippen molar-refractivity contribution in [1.29, 1.82) is 0 Å². The van der Waals surface area contributed by atoms with E-state index >= 15 is 0 Å². The van der Waals surface area contributed by atoms with Crippen LogP contribution in [0.2, 0.25) is 10.0 Å². The van der Waals surface area contributed by atoms with E-state index in [2.05, 4.69) is 15.1 Å². The Labute approximate surface area is 225 Å². The molecular weight excluding hydrogens is 527 g/mol. The molecule has 0 amide bonds. The molecule has 1 aromatic carbocycles. The summed E-state index contributed by atoms with van der Waals surface area (Å²) in [5.41, 5.74) is 5.49. The molecule has 0 saturated carbocycles. The van der Waals surface area contributed by atoms with E-state index in [0.717, 1.165) is 27.6 Å². The van der Waals surface area contributed by atoms with Crippen molar-refractivity contribution >= 4 is 45.7 Å². The van der Waals surface area contributed by atoms with E-state index in [4.69, 9.17) is 33.3 Å². The van der Waals surface area contributed by atoms with E-state index in [-0.39, 0.29) is 12.3 Å². The second kappa shape index (κ2) is 9.53. The lowest BCUT2D eigenvalue weighted by atomic mass is 10.1. The number of carboxylic acid groups (broad SMARTS) is 1. The Bertz CT molecular complexity index is 1830. The Morgan fingerprint density at radius 2 is 1.79 bits per heavy atom. The molecule has 2 N–H and O–H groups in total. The molecule has 38 heavy (non-hydrogen) atoms. The molecule has 11 heteroatoms. The van der Waals surface area contributed by atoms with Gasteiger partial charge in [-0.25, -0.2) is 14.8 Å². The summed E-state index contributed by atoms with van der Waals surface area (Å²) in [6, 6.07) is 12.3. The molecule has 0 radical (unpaired) electrons. The maximum atomic E-state index is 11.0. The smallest absolute Gasteiger partial charge is 0.354 e. The van der Waals surface area contributed by atoms with Crippen molar-refractivity contribution in [1.82, 2.24) is 29.1 Å². The topological polar surface area (TPSA) is 118 Å². The van der Waals surface area contributed by atoms with Crippen LogP contribution in [0.1, 0.15) is 21.7 Å². The van der Waals surface area contributed by atoms with Crippen molar-refractivity contribution in [3.05, 3.63) is 100 Å². The first-order valence-corrected chi connectivity index (χ1v) is 12.2. The Balaban J connectivity index is 1.40. The van der Waals surface area contributed by atoms with Crippen LogP contribution in [0.5, 0.6) is 0 Å². The number of hydrogen-bond donors (Lipinski definition) is 2. The molecule has 9 nitrogen and oxygen atoms in total. The molecule has 5 heterocycles. The summed E-state index contributed by atoms with van der Waals surface area (Å²) < 4.78 is 3.56. The summed E-state index contributed by atoms with van der Waals surface area (Å²) in [7, 11) is 0. The van der Waals surface area contributed by atoms with E-state index in [1.165, 1.54) is 12.3 Å². The number of hydrogen-bond acceptors (Lipinski definition) is 6. The molecule has 0 unspecified atom stereocenters. The van der Waals surface area contributed by atoms with Gasteiger partial charge in [0.25, 0.3) is 0 Å². The van der Waals surface area contributed by atoms with E-state index < -0.39 is 5.97 Å². The van der Waals surface area contributed by atoms with E-state index in [1.54, 1.807) is 41.3 Å². The normalized spacial score (nSPS) is 11.4. The third kappa shape index (κ3) is 4.16. The molecule has 0 aliphatic heterocycles. The highest BCUT2D eigenvalue weighted by Gasteiger charge is 2.20. The average molecular weight is 545 g/mol. The molecule has 6 aromatic rings. The zero-order valence-corrected chi connectivity index (χ0v) is 21.1. The third-order valence-corrected chi connectivity index (χ3v) is 6.89. The van der Waals surface area contributed by atoms with E-state index in [9.17, 15) is 9.90 Å². The Kier molecular flexibility index (Phi) is 6.03. The molecule has 0 saturated heterocycles. The van der Waals surface area contributed by atoms with Gasteiger partial charge in [0.2, 0.25) is 0 Å². The zero-order valence-electron chi connectivity index (χ0n) is 19.6. The number of aromatic nitrogens is 6. The fourth-order valence-electron chi connectivity index (χ4n) is 4.41. The van der Waals surface area contributed by atoms with Gasteiger partial charge < -0.3 is 14.6 Å². The van der Waals surface area contributed by atoms with Crippen LogP contribution >= 0.6 is 23.2 Å². The number of carboxylic acids is 1. The van der Waals surface area contributed by atoms with Gasteiger partial charge in [0.1, 0.15) is 11.3 Å². The highest BCUT2D eigenvalue weighted by Crippen LogP contribution is 2.37. The van der Waals surface area contributed by atoms with Gasteiger partial charge in [-0.1, -0.05) is 35.3 Å². The number of fused-ring (bicyclic) bond motifs is 3. The summed E-state index contributed by atoms with van der Waals surface area (Å²) in [6.45, 7) is 0.173. The number of aliphatic hydroxyl groups excluding tert-OH is 1. The molecule has 0 bridgehead atoms. The van der Waals surface area contributed by atoms with Gasteiger partial charge in [-0.2, -0.15) is 5.10 Å². The van der Waals surface area contributed by atoms with E-state index in [0.29, 0.717) is 39.2 Å². The van der Waals surface area contributed by atoms with Gasteiger partial charge in [-0.3, -0.25) is 9.67 Å². The predicted octanol–water partition coefficient (Wildman–Crippen LogP) is 5.35. The number of imidazole rings is 1. The Hall–Kier alpha value is -4.31. The minimum absolute atomic E-state index is 0.00762. The van der Waals surface area contributed by atoms with Crippen molar-refractivity contribution in [3.63, 3.8) is 0 Å². The maximum absolute atomic E-state index is 11.0. The SMILES string of the molecule is O=C(O)c1ccc(Cn2cc(-c3cnc4ccn5c(CO)c(-c6c(Cl)cccc6Cl)nc5c4c3)cn2)cn1. The predicted molar refractivity (Wildman–Crippen MR) is 143 cm³/mol. The zero-order chi connectivity index (χ0) is 26.4. The van der Waals surface area contributed by atoms with Crippen molar-refractivity contribution < 1.29 is 15.0 Å². The average Bonchev–Trinajstić information content (AvgIpc) is 3.53. The number of pyridine rings is 3. The molecule has 0 aliphatic carbocycles. The second-order valence-corrected chi connectivity index (χ2v) is 9.43. The number of benzene rings is 1. The number of nitrogens with zero attached hydrogens (tertiary/aromatic N) is 6. The van der Waals surface area contributed by atoms with Crippen molar-refractivity contribution in [2.24, 2.45) is 0 Å². The minimum atomic E-state index is -1.07. The van der Waals surface area contributed by atoms with Gasteiger partial charge >= 0.3 is 5.97 Å². The number of aromatic carboxylic acids is 1.